The van der Waals surface area contributed by atoms with Gasteiger partial charge >= 0.3 is 0 Å². The Hall–Kier alpha value is -4.47. The quantitative estimate of drug-likeness (QED) is 0.183. The fourth-order valence-electron chi connectivity index (χ4n) is 5.00. The third-order valence-electron chi connectivity index (χ3n) is 6.74. The molecule has 4 aromatic rings. The van der Waals surface area contributed by atoms with Crippen LogP contribution in [0.5, 0.6) is 0 Å². The molecule has 2 aliphatic rings. The fraction of sp³-hybridized carbons (Fsp3) is 0.143. The summed E-state index contributed by atoms with van der Waals surface area (Å²) < 4.78 is 6.13. The van der Waals surface area contributed by atoms with E-state index in [9.17, 15) is 19.7 Å². The second-order valence-electron chi connectivity index (χ2n) is 9.03. The van der Waals surface area contributed by atoms with E-state index in [-0.39, 0.29) is 34.5 Å². The van der Waals surface area contributed by atoms with Gasteiger partial charge in [0.25, 0.3) is 11.6 Å². The minimum atomic E-state index is -1.03. The molecular formula is C28H20ClN3O6. The minimum absolute atomic E-state index is 0.132. The molecule has 1 aromatic heterocycles. The molecule has 38 heavy (non-hydrogen) atoms. The molecule has 3 atom stereocenters. The van der Waals surface area contributed by atoms with Gasteiger partial charge in [0.2, 0.25) is 5.91 Å². The molecule has 0 radical (unpaired) electrons. The van der Waals surface area contributed by atoms with Gasteiger partial charge in [0.05, 0.1) is 22.7 Å². The van der Waals surface area contributed by atoms with Crippen molar-refractivity contribution in [2.24, 2.45) is 5.92 Å². The summed E-state index contributed by atoms with van der Waals surface area (Å²) in [5.41, 5.74) is 1.49. The first-order valence-electron chi connectivity index (χ1n) is 11.9. The first kappa shape index (κ1) is 23.9. The zero-order chi connectivity index (χ0) is 26.4. The number of benzene rings is 3. The molecule has 10 heteroatoms. The van der Waals surface area contributed by atoms with E-state index in [1.165, 1.54) is 28.2 Å². The lowest BCUT2D eigenvalue weighted by molar-refractivity contribution is -0.384. The van der Waals surface area contributed by atoms with Crippen molar-refractivity contribution in [3.05, 3.63) is 117 Å². The normalized spacial score (nSPS) is 20.7. The Balaban J connectivity index is 1.40. The molecule has 2 fully saturated rings. The monoisotopic (exact) mass is 529 g/mol. The molecule has 0 N–H and O–H groups in total. The summed E-state index contributed by atoms with van der Waals surface area (Å²) in [6, 6.07) is 25.1. The molecule has 0 spiro atoms. The van der Waals surface area contributed by atoms with Crippen LogP contribution in [-0.2, 0) is 21.0 Å². The molecule has 2 saturated heterocycles. The third kappa shape index (κ3) is 4.02. The first-order chi connectivity index (χ1) is 18.4. The van der Waals surface area contributed by atoms with E-state index in [0.717, 1.165) is 5.56 Å². The zero-order valence-electron chi connectivity index (χ0n) is 19.8. The maximum Gasteiger partial charge on any atom is 0.281 e. The average molecular weight is 530 g/mol. The third-order valence-corrected chi connectivity index (χ3v) is 6.98. The predicted molar refractivity (Wildman–Crippen MR) is 138 cm³/mol. The number of nitro benzene ring substituents is 1. The fourth-order valence-corrected chi connectivity index (χ4v) is 5.17. The number of likely N-dealkylation sites (tertiary alicyclic amines) is 1. The van der Waals surface area contributed by atoms with Crippen molar-refractivity contribution in [2.75, 3.05) is 5.06 Å². The molecule has 3 heterocycles. The van der Waals surface area contributed by atoms with E-state index in [4.69, 9.17) is 20.9 Å². The van der Waals surface area contributed by atoms with Crippen molar-refractivity contribution < 1.29 is 23.8 Å². The second kappa shape index (κ2) is 9.44. The minimum Gasteiger partial charge on any atom is -0.458 e. The van der Waals surface area contributed by atoms with Crippen molar-refractivity contribution in [3.8, 4) is 11.3 Å². The number of hydroxylamine groups is 1. The van der Waals surface area contributed by atoms with Crippen LogP contribution in [0, 0.1) is 16.0 Å². The number of nitrogens with zero attached hydrogens (tertiary/aromatic N) is 3. The van der Waals surface area contributed by atoms with Crippen LogP contribution in [0.15, 0.2) is 95.4 Å². The summed E-state index contributed by atoms with van der Waals surface area (Å²) in [5.74, 6) is -1.10. The number of para-hydroxylation sites is 1. The largest absolute Gasteiger partial charge is 0.458 e. The Bertz CT molecular complexity index is 1540. The highest BCUT2D eigenvalue weighted by atomic mass is 35.5. The summed E-state index contributed by atoms with van der Waals surface area (Å²) >= 11 is 5.97. The summed E-state index contributed by atoms with van der Waals surface area (Å²) in [6.45, 7) is 0.132. The number of carbonyl (C=O) groups is 2. The Morgan fingerprint density at radius 1 is 0.895 bits per heavy atom. The van der Waals surface area contributed by atoms with Crippen molar-refractivity contribution in [1.82, 2.24) is 4.90 Å². The number of hydrogen-bond donors (Lipinski definition) is 0. The SMILES string of the molecule is O=C1[C@@H]2[C@@H](c3ccc(-c4ccc(Cl)cc4[N+](=O)[O-])o3)N(c3ccccc3)O[C@H]2C(=O)N1Cc1ccccc1. The summed E-state index contributed by atoms with van der Waals surface area (Å²) in [5, 5.41) is 13.4. The van der Waals surface area contributed by atoms with E-state index in [1.54, 1.807) is 24.3 Å². The van der Waals surface area contributed by atoms with Crippen LogP contribution in [0.1, 0.15) is 17.4 Å². The van der Waals surface area contributed by atoms with Crippen LogP contribution < -0.4 is 5.06 Å². The Kier molecular flexibility index (Phi) is 5.94. The molecule has 0 saturated carbocycles. The lowest BCUT2D eigenvalue weighted by Gasteiger charge is -2.27. The number of halogens is 1. The summed E-state index contributed by atoms with van der Waals surface area (Å²) in [6.07, 6.45) is -1.03. The van der Waals surface area contributed by atoms with Crippen molar-refractivity contribution in [1.29, 1.82) is 0 Å². The van der Waals surface area contributed by atoms with Gasteiger partial charge in [-0.05, 0) is 42.0 Å². The lowest BCUT2D eigenvalue weighted by atomic mass is 9.94. The number of fused-ring (bicyclic) bond motifs is 1. The number of carbonyl (C=O) groups excluding carboxylic acids is 2. The molecule has 190 valence electrons. The highest BCUT2D eigenvalue weighted by molar-refractivity contribution is 6.30. The van der Waals surface area contributed by atoms with Gasteiger partial charge in [0.15, 0.2) is 6.10 Å². The number of rotatable bonds is 6. The molecular weight excluding hydrogens is 510 g/mol. The summed E-state index contributed by atoms with van der Waals surface area (Å²) in [4.78, 5) is 45.5. The molecule has 2 aliphatic heterocycles. The van der Waals surface area contributed by atoms with Crippen LogP contribution in [0.25, 0.3) is 11.3 Å². The molecule has 0 bridgehead atoms. The van der Waals surface area contributed by atoms with Gasteiger partial charge in [-0.3, -0.25) is 29.4 Å². The number of amides is 2. The highest BCUT2D eigenvalue weighted by Crippen LogP contribution is 2.48. The molecule has 0 unspecified atom stereocenters. The molecule has 2 amide bonds. The number of furan rings is 1. The zero-order valence-corrected chi connectivity index (χ0v) is 20.5. The van der Waals surface area contributed by atoms with Gasteiger partial charge in [-0.2, -0.15) is 0 Å². The van der Waals surface area contributed by atoms with Crippen LogP contribution >= 0.6 is 11.6 Å². The van der Waals surface area contributed by atoms with Gasteiger partial charge in [-0.15, -0.1) is 0 Å². The Morgan fingerprint density at radius 2 is 1.61 bits per heavy atom. The lowest BCUT2D eigenvalue weighted by Crippen LogP contribution is -2.36. The van der Waals surface area contributed by atoms with Gasteiger partial charge in [0.1, 0.15) is 23.5 Å². The van der Waals surface area contributed by atoms with E-state index in [0.29, 0.717) is 11.4 Å². The van der Waals surface area contributed by atoms with Gasteiger partial charge < -0.3 is 4.42 Å². The molecule has 9 nitrogen and oxygen atoms in total. The van der Waals surface area contributed by atoms with Crippen LogP contribution in [-0.4, -0.2) is 27.7 Å². The number of anilines is 1. The molecule has 6 rings (SSSR count). The van der Waals surface area contributed by atoms with Gasteiger partial charge in [-0.25, -0.2) is 5.06 Å². The van der Waals surface area contributed by atoms with Crippen molar-refractivity contribution in [2.45, 2.75) is 18.7 Å². The molecule has 0 aliphatic carbocycles. The molecule has 3 aromatic carbocycles. The van der Waals surface area contributed by atoms with Crippen LogP contribution in [0.3, 0.4) is 0 Å². The maximum atomic E-state index is 13.7. The van der Waals surface area contributed by atoms with Crippen LogP contribution in [0.4, 0.5) is 11.4 Å². The number of nitro groups is 1. The topological polar surface area (TPSA) is 106 Å². The van der Waals surface area contributed by atoms with E-state index in [2.05, 4.69) is 0 Å². The van der Waals surface area contributed by atoms with E-state index in [1.807, 2.05) is 48.5 Å². The number of hydrogen-bond acceptors (Lipinski definition) is 7. The Morgan fingerprint density at radius 3 is 2.32 bits per heavy atom. The highest BCUT2D eigenvalue weighted by Gasteiger charge is 2.60. The standard InChI is InChI=1S/C28H20ClN3O6/c29-18-11-12-20(21(15-18)32(35)36)22-13-14-23(37-22)25-24-26(38-31(25)19-9-5-2-6-10-19)28(34)30(27(24)33)16-17-7-3-1-4-8-17/h1-15,24-26H,16H2/t24-,25-,26-/m1/s1. The van der Waals surface area contributed by atoms with E-state index < -0.39 is 28.9 Å². The number of imide groups is 1. The van der Waals surface area contributed by atoms with Crippen molar-refractivity contribution in [3.63, 3.8) is 0 Å². The maximum absolute atomic E-state index is 13.7. The van der Waals surface area contributed by atoms with Gasteiger partial charge in [0, 0.05) is 11.1 Å². The predicted octanol–water partition coefficient (Wildman–Crippen LogP) is 5.55. The summed E-state index contributed by atoms with van der Waals surface area (Å²) in [7, 11) is 0. The van der Waals surface area contributed by atoms with E-state index >= 15 is 0 Å². The van der Waals surface area contributed by atoms with Crippen molar-refractivity contribution >= 4 is 34.8 Å². The van der Waals surface area contributed by atoms with Gasteiger partial charge in [-0.1, -0.05) is 60.1 Å². The average Bonchev–Trinajstić information content (AvgIpc) is 3.62. The smallest absolute Gasteiger partial charge is 0.281 e. The van der Waals surface area contributed by atoms with Crippen LogP contribution in [0.2, 0.25) is 5.02 Å². The first-order valence-corrected chi connectivity index (χ1v) is 12.2. The second-order valence-corrected chi connectivity index (χ2v) is 9.46. The Labute approximate surface area is 221 Å².